The molecule has 1 aliphatic heterocycles. The minimum atomic E-state index is -0.288. The average molecular weight is 210 g/mol. The number of nitrogens with one attached hydrogen (secondary N) is 1. The zero-order valence-corrected chi connectivity index (χ0v) is 9.50. The summed E-state index contributed by atoms with van der Waals surface area (Å²) < 4.78 is 5.16. The van der Waals surface area contributed by atoms with Crippen LogP contribution in [0.15, 0.2) is 6.20 Å². The third-order valence-corrected chi connectivity index (χ3v) is 2.95. The highest BCUT2D eigenvalue weighted by Gasteiger charge is 2.42. The van der Waals surface area contributed by atoms with Gasteiger partial charge >= 0.3 is 0 Å². The number of aliphatic hydroxyl groups excluding tert-OH is 1. The van der Waals surface area contributed by atoms with E-state index in [1.807, 2.05) is 6.20 Å². The van der Waals surface area contributed by atoms with Gasteiger partial charge in [0.05, 0.1) is 25.2 Å². The number of ether oxygens (including phenoxy) is 1. The van der Waals surface area contributed by atoms with Gasteiger partial charge in [-0.05, 0) is 0 Å². The smallest absolute Gasteiger partial charge is 0.119 e. The molecule has 84 valence electrons. The summed E-state index contributed by atoms with van der Waals surface area (Å²) >= 11 is 0. The quantitative estimate of drug-likeness (QED) is 0.764. The minimum absolute atomic E-state index is 0.0620. The fourth-order valence-electron chi connectivity index (χ4n) is 1.62. The van der Waals surface area contributed by atoms with Gasteiger partial charge in [-0.1, -0.05) is 20.8 Å². The lowest BCUT2D eigenvalue weighted by Gasteiger charge is -2.38. The maximum absolute atomic E-state index is 9.36. The van der Waals surface area contributed by atoms with E-state index in [2.05, 4.69) is 30.7 Å². The van der Waals surface area contributed by atoms with E-state index >= 15 is 0 Å². The first-order chi connectivity index (χ1) is 6.98. The van der Waals surface area contributed by atoms with Crippen molar-refractivity contribution in [3.63, 3.8) is 0 Å². The molecule has 0 unspecified atom stereocenters. The standard InChI is InChI=1S/C11H18N2O2/c1-10(2,3)8-4-12-9(13-8)11(5-14)6-15-7-11/h4,14H,5-7H2,1-3H3,(H,12,13). The molecule has 0 saturated carbocycles. The number of imidazole rings is 1. The van der Waals surface area contributed by atoms with Crippen molar-refractivity contribution in [3.8, 4) is 0 Å². The lowest BCUT2D eigenvalue weighted by molar-refractivity contribution is -0.0881. The van der Waals surface area contributed by atoms with Gasteiger partial charge in [-0.2, -0.15) is 0 Å². The SMILES string of the molecule is CC(C)(C)c1cnc(C2(CO)COC2)[nH]1. The van der Waals surface area contributed by atoms with Crippen LogP contribution < -0.4 is 0 Å². The van der Waals surface area contributed by atoms with Gasteiger partial charge in [-0.15, -0.1) is 0 Å². The van der Waals surface area contributed by atoms with Crippen LogP contribution in [0, 0.1) is 0 Å². The van der Waals surface area contributed by atoms with E-state index in [-0.39, 0.29) is 17.4 Å². The van der Waals surface area contributed by atoms with E-state index in [1.54, 1.807) is 0 Å². The average Bonchev–Trinajstić information content (AvgIpc) is 2.51. The molecule has 1 fully saturated rings. The van der Waals surface area contributed by atoms with E-state index in [0.29, 0.717) is 13.2 Å². The normalized spacial score (nSPS) is 20.0. The van der Waals surface area contributed by atoms with Crippen molar-refractivity contribution in [2.75, 3.05) is 19.8 Å². The van der Waals surface area contributed by atoms with Crippen LogP contribution in [-0.2, 0) is 15.6 Å². The van der Waals surface area contributed by atoms with E-state index in [9.17, 15) is 5.11 Å². The van der Waals surface area contributed by atoms with Crippen molar-refractivity contribution in [2.45, 2.75) is 31.6 Å². The summed E-state index contributed by atoms with van der Waals surface area (Å²) in [4.78, 5) is 7.65. The van der Waals surface area contributed by atoms with Crippen LogP contribution in [0.2, 0.25) is 0 Å². The Morgan fingerprint density at radius 2 is 2.20 bits per heavy atom. The Bertz CT molecular complexity index is 342. The van der Waals surface area contributed by atoms with Crippen LogP contribution in [0.3, 0.4) is 0 Å². The topological polar surface area (TPSA) is 58.1 Å². The lowest BCUT2D eigenvalue weighted by Crippen LogP contribution is -2.50. The van der Waals surface area contributed by atoms with Crippen molar-refractivity contribution < 1.29 is 9.84 Å². The Morgan fingerprint density at radius 1 is 1.53 bits per heavy atom. The van der Waals surface area contributed by atoms with Crippen molar-refractivity contribution in [1.29, 1.82) is 0 Å². The van der Waals surface area contributed by atoms with E-state index < -0.39 is 0 Å². The van der Waals surface area contributed by atoms with Gasteiger partial charge in [0.15, 0.2) is 0 Å². The van der Waals surface area contributed by atoms with E-state index in [0.717, 1.165) is 11.5 Å². The van der Waals surface area contributed by atoms with Gasteiger partial charge < -0.3 is 14.8 Å². The van der Waals surface area contributed by atoms with Crippen molar-refractivity contribution in [1.82, 2.24) is 9.97 Å². The largest absolute Gasteiger partial charge is 0.395 e. The molecule has 0 spiro atoms. The Hall–Kier alpha value is -0.870. The summed E-state index contributed by atoms with van der Waals surface area (Å²) in [6.45, 7) is 7.60. The van der Waals surface area contributed by atoms with Crippen molar-refractivity contribution >= 4 is 0 Å². The highest BCUT2D eigenvalue weighted by Crippen LogP contribution is 2.31. The van der Waals surface area contributed by atoms with Crippen LogP contribution in [0.1, 0.15) is 32.3 Å². The zero-order valence-electron chi connectivity index (χ0n) is 9.50. The summed E-state index contributed by atoms with van der Waals surface area (Å²) in [6, 6.07) is 0. The minimum Gasteiger partial charge on any atom is -0.395 e. The third-order valence-electron chi connectivity index (χ3n) is 2.95. The molecule has 0 aliphatic carbocycles. The molecule has 0 bridgehead atoms. The molecule has 2 rings (SSSR count). The second-order valence-electron chi connectivity index (χ2n) is 5.33. The molecule has 0 atom stereocenters. The fraction of sp³-hybridized carbons (Fsp3) is 0.727. The molecule has 0 amide bonds. The number of hydrogen-bond acceptors (Lipinski definition) is 3. The Labute approximate surface area is 89.7 Å². The molecule has 2 N–H and O–H groups in total. The maximum atomic E-state index is 9.36. The van der Waals surface area contributed by atoms with E-state index in [1.165, 1.54) is 0 Å². The molecule has 0 radical (unpaired) electrons. The second kappa shape index (κ2) is 3.32. The first-order valence-electron chi connectivity index (χ1n) is 5.22. The molecule has 2 heterocycles. The number of aromatic nitrogens is 2. The zero-order chi connectivity index (χ0) is 11.1. The number of rotatable bonds is 2. The molecule has 1 aromatic rings. The van der Waals surface area contributed by atoms with Crippen LogP contribution in [0.4, 0.5) is 0 Å². The lowest BCUT2D eigenvalue weighted by atomic mass is 9.86. The number of aromatic amines is 1. The summed E-state index contributed by atoms with van der Waals surface area (Å²) in [5, 5.41) is 9.36. The molecule has 1 saturated heterocycles. The van der Waals surface area contributed by atoms with Crippen LogP contribution in [-0.4, -0.2) is 34.9 Å². The number of aliphatic hydroxyl groups is 1. The van der Waals surface area contributed by atoms with Gasteiger partial charge in [-0.3, -0.25) is 0 Å². The van der Waals surface area contributed by atoms with Gasteiger partial charge in [0, 0.05) is 17.3 Å². The Kier molecular flexibility index (Phi) is 2.35. The predicted octanol–water partition coefficient (Wildman–Crippen LogP) is 0.967. The van der Waals surface area contributed by atoms with Crippen LogP contribution in [0.25, 0.3) is 0 Å². The third kappa shape index (κ3) is 1.68. The summed E-state index contributed by atoms with van der Waals surface area (Å²) in [6.07, 6.45) is 1.85. The molecule has 15 heavy (non-hydrogen) atoms. The Morgan fingerprint density at radius 3 is 2.53 bits per heavy atom. The molecule has 4 nitrogen and oxygen atoms in total. The van der Waals surface area contributed by atoms with Crippen molar-refractivity contribution in [3.05, 3.63) is 17.7 Å². The van der Waals surface area contributed by atoms with Crippen LogP contribution >= 0.6 is 0 Å². The van der Waals surface area contributed by atoms with Gasteiger partial charge in [0.25, 0.3) is 0 Å². The fourth-order valence-corrected chi connectivity index (χ4v) is 1.62. The highest BCUT2D eigenvalue weighted by atomic mass is 16.5. The number of hydrogen-bond donors (Lipinski definition) is 2. The van der Waals surface area contributed by atoms with Crippen molar-refractivity contribution in [2.24, 2.45) is 0 Å². The summed E-state index contributed by atoms with van der Waals surface area (Å²) in [7, 11) is 0. The second-order valence-corrected chi connectivity index (χ2v) is 5.33. The Balaban J connectivity index is 2.27. The monoisotopic (exact) mass is 210 g/mol. The van der Waals surface area contributed by atoms with E-state index in [4.69, 9.17) is 4.74 Å². The molecule has 1 aliphatic rings. The summed E-state index contributed by atoms with van der Waals surface area (Å²) in [5.74, 6) is 0.848. The number of H-pyrrole nitrogens is 1. The van der Waals surface area contributed by atoms with Gasteiger partial charge in [-0.25, -0.2) is 4.98 Å². The summed E-state index contributed by atoms with van der Waals surface area (Å²) in [5.41, 5.74) is 0.868. The molecule has 4 heteroatoms. The highest BCUT2D eigenvalue weighted by molar-refractivity contribution is 5.19. The first kappa shape index (κ1) is 10.6. The van der Waals surface area contributed by atoms with Crippen LogP contribution in [0.5, 0.6) is 0 Å². The van der Waals surface area contributed by atoms with Gasteiger partial charge in [0.2, 0.25) is 0 Å². The molecular weight excluding hydrogens is 192 g/mol. The molecule has 0 aromatic carbocycles. The molecular formula is C11H18N2O2. The van der Waals surface area contributed by atoms with Gasteiger partial charge in [0.1, 0.15) is 5.82 Å². The molecule has 1 aromatic heterocycles. The number of nitrogens with zero attached hydrogens (tertiary/aromatic N) is 1. The predicted molar refractivity (Wildman–Crippen MR) is 56.9 cm³/mol. The maximum Gasteiger partial charge on any atom is 0.119 e. The first-order valence-corrected chi connectivity index (χ1v) is 5.22.